The van der Waals surface area contributed by atoms with E-state index in [1.807, 2.05) is 13.8 Å². The summed E-state index contributed by atoms with van der Waals surface area (Å²) in [5, 5.41) is 13.2. The van der Waals surface area contributed by atoms with E-state index in [1.54, 1.807) is 0 Å². The van der Waals surface area contributed by atoms with Crippen LogP contribution in [0.1, 0.15) is 42.1 Å². The first-order valence-electron chi connectivity index (χ1n) is 6.39. The summed E-state index contributed by atoms with van der Waals surface area (Å²) in [6.45, 7) is 4.40. The van der Waals surface area contributed by atoms with E-state index in [9.17, 15) is 14.7 Å². The predicted octanol–water partition coefficient (Wildman–Crippen LogP) is 1.43. The Morgan fingerprint density at radius 1 is 1.53 bits per heavy atom. The first-order chi connectivity index (χ1) is 9.04. The smallest absolute Gasteiger partial charge is 0.326 e. The molecular weight excluding hydrogens is 266 g/mol. The summed E-state index contributed by atoms with van der Waals surface area (Å²) >= 11 is 1.05. The number of piperidine rings is 1. The number of amides is 1. The number of nitrogens with zero attached hydrogens (tertiary/aromatic N) is 3. The Balaban J connectivity index is 2.24. The lowest BCUT2D eigenvalue weighted by Gasteiger charge is -2.35. The fourth-order valence-electron chi connectivity index (χ4n) is 2.35. The molecule has 0 spiro atoms. The van der Waals surface area contributed by atoms with E-state index in [0.717, 1.165) is 18.0 Å². The average Bonchev–Trinajstić information content (AvgIpc) is 2.86. The number of carboxylic acids is 1. The van der Waals surface area contributed by atoms with Crippen molar-refractivity contribution in [2.45, 2.75) is 39.2 Å². The zero-order valence-corrected chi connectivity index (χ0v) is 11.8. The second kappa shape index (κ2) is 5.64. The van der Waals surface area contributed by atoms with Crippen LogP contribution in [0, 0.1) is 5.92 Å². The SMILES string of the molecule is CCc1nnsc1C(=O)N1CCC(C)CC1C(=O)O. The van der Waals surface area contributed by atoms with Gasteiger partial charge in [-0.15, -0.1) is 5.10 Å². The van der Waals surface area contributed by atoms with Crippen LogP contribution in [-0.4, -0.2) is 44.1 Å². The summed E-state index contributed by atoms with van der Waals surface area (Å²) in [5.74, 6) is -0.850. The van der Waals surface area contributed by atoms with Gasteiger partial charge in [0.1, 0.15) is 10.9 Å². The Labute approximate surface area is 115 Å². The molecule has 1 fully saturated rings. The van der Waals surface area contributed by atoms with Gasteiger partial charge in [-0.1, -0.05) is 18.3 Å². The molecule has 6 nitrogen and oxygen atoms in total. The van der Waals surface area contributed by atoms with E-state index in [4.69, 9.17) is 0 Å². The lowest BCUT2D eigenvalue weighted by atomic mass is 9.92. The van der Waals surface area contributed by atoms with E-state index >= 15 is 0 Å². The first kappa shape index (κ1) is 13.9. The third-order valence-corrected chi connectivity index (χ3v) is 4.25. The van der Waals surface area contributed by atoms with Gasteiger partial charge in [-0.05, 0) is 36.7 Å². The molecule has 0 saturated carbocycles. The van der Waals surface area contributed by atoms with Crippen molar-refractivity contribution >= 4 is 23.4 Å². The summed E-state index contributed by atoms with van der Waals surface area (Å²) in [5.41, 5.74) is 0.651. The molecule has 19 heavy (non-hydrogen) atoms. The minimum atomic E-state index is -0.935. The van der Waals surface area contributed by atoms with Crippen molar-refractivity contribution in [2.24, 2.45) is 5.92 Å². The van der Waals surface area contributed by atoms with Crippen LogP contribution in [0.15, 0.2) is 0 Å². The molecule has 1 aliphatic heterocycles. The fraction of sp³-hybridized carbons (Fsp3) is 0.667. The molecule has 0 radical (unpaired) electrons. The maximum absolute atomic E-state index is 12.5. The van der Waals surface area contributed by atoms with E-state index in [0.29, 0.717) is 35.9 Å². The van der Waals surface area contributed by atoms with Gasteiger partial charge < -0.3 is 10.0 Å². The maximum Gasteiger partial charge on any atom is 0.326 e. The summed E-state index contributed by atoms with van der Waals surface area (Å²) in [4.78, 5) is 25.7. The van der Waals surface area contributed by atoms with Crippen molar-refractivity contribution in [1.29, 1.82) is 0 Å². The van der Waals surface area contributed by atoms with Crippen molar-refractivity contribution in [2.75, 3.05) is 6.54 Å². The minimum absolute atomic E-state index is 0.244. The molecule has 104 valence electrons. The van der Waals surface area contributed by atoms with Crippen molar-refractivity contribution in [3.63, 3.8) is 0 Å². The molecule has 2 unspecified atom stereocenters. The number of carbonyl (C=O) groups excluding carboxylic acids is 1. The van der Waals surface area contributed by atoms with E-state index in [1.165, 1.54) is 4.90 Å². The van der Waals surface area contributed by atoms with Crippen molar-refractivity contribution in [1.82, 2.24) is 14.5 Å². The number of carbonyl (C=O) groups is 2. The number of likely N-dealkylation sites (tertiary alicyclic amines) is 1. The van der Waals surface area contributed by atoms with Gasteiger partial charge in [-0.2, -0.15) is 0 Å². The van der Waals surface area contributed by atoms with Crippen LogP contribution in [-0.2, 0) is 11.2 Å². The van der Waals surface area contributed by atoms with Crippen LogP contribution >= 0.6 is 11.5 Å². The lowest BCUT2D eigenvalue weighted by molar-refractivity contribution is -0.144. The van der Waals surface area contributed by atoms with Gasteiger partial charge in [0, 0.05) is 6.54 Å². The number of hydrogen-bond donors (Lipinski definition) is 1. The molecule has 0 aromatic carbocycles. The third-order valence-electron chi connectivity index (χ3n) is 3.50. The van der Waals surface area contributed by atoms with E-state index in [-0.39, 0.29) is 5.91 Å². The molecule has 2 rings (SSSR count). The van der Waals surface area contributed by atoms with Crippen LogP contribution in [0.4, 0.5) is 0 Å². The Morgan fingerprint density at radius 2 is 2.26 bits per heavy atom. The summed E-state index contributed by atoms with van der Waals surface area (Å²) in [7, 11) is 0. The lowest BCUT2D eigenvalue weighted by Crippen LogP contribution is -2.49. The zero-order valence-electron chi connectivity index (χ0n) is 11.0. The highest BCUT2D eigenvalue weighted by molar-refractivity contribution is 7.08. The fourth-order valence-corrected chi connectivity index (χ4v) is 3.06. The van der Waals surface area contributed by atoms with Crippen LogP contribution in [0.5, 0.6) is 0 Å². The summed E-state index contributed by atoms with van der Waals surface area (Å²) < 4.78 is 3.79. The van der Waals surface area contributed by atoms with Crippen LogP contribution in [0.25, 0.3) is 0 Å². The van der Waals surface area contributed by atoms with Gasteiger partial charge in [0.15, 0.2) is 0 Å². The Hall–Kier alpha value is -1.50. The first-order valence-corrected chi connectivity index (χ1v) is 7.17. The Kier molecular flexibility index (Phi) is 4.14. The standard InChI is InChI=1S/C12H17N3O3S/c1-3-8-10(19-14-13-8)11(16)15-5-4-7(2)6-9(15)12(17)18/h7,9H,3-6H2,1-2H3,(H,17,18). The van der Waals surface area contributed by atoms with Gasteiger partial charge in [-0.3, -0.25) is 4.79 Å². The molecular formula is C12H17N3O3S. The Morgan fingerprint density at radius 3 is 2.89 bits per heavy atom. The molecule has 2 heterocycles. The largest absolute Gasteiger partial charge is 0.480 e. The molecule has 1 saturated heterocycles. The number of carboxylic acid groups (broad SMARTS) is 1. The van der Waals surface area contributed by atoms with Crippen molar-refractivity contribution in [3.8, 4) is 0 Å². The number of rotatable bonds is 3. The highest BCUT2D eigenvalue weighted by Crippen LogP contribution is 2.26. The average molecular weight is 283 g/mol. The van der Waals surface area contributed by atoms with Crippen molar-refractivity contribution in [3.05, 3.63) is 10.6 Å². The Bertz CT molecular complexity index is 488. The molecule has 0 aliphatic carbocycles. The zero-order chi connectivity index (χ0) is 14.0. The molecule has 1 aromatic heterocycles. The second-order valence-electron chi connectivity index (χ2n) is 4.88. The van der Waals surface area contributed by atoms with Gasteiger partial charge in [0.2, 0.25) is 0 Å². The van der Waals surface area contributed by atoms with E-state index in [2.05, 4.69) is 9.59 Å². The van der Waals surface area contributed by atoms with Crippen LogP contribution in [0.2, 0.25) is 0 Å². The topological polar surface area (TPSA) is 83.4 Å². The molecule has 1 N–H and O–H groups in total. The molecule has 1 aliphatic rings. The summed E-state index contributed by atoms with van der Waals surface area (Å²) in [6.07, 6.45) is 1.97. The molecule has 1 amide bonds. The number of aryl methyl sites for hydroxylation is 1. The quantitative estimate of drug-likeness (QED) is 0.907. The van der Waals surface area contributed by atoms with Crippen LogP contribution < -0.4 is 0 Å². The number of hydrogen-bond acceptors (Lipinski definition) is 5. The highest BCUT2D eigenvalue weighted by Gasteiger charge is 2.36. The third kappa shape index (κ3) is 2.75. The van der Waals surface area contributed by atoms with E-state index < -0.39 is 12.0 Å². The highest BCUT2D eigenvalue weighted by atomic mass is 32.1. The van der Waals surface area contributed by atoms with Crippen molar-refractivity contribution < 1.29 is 14.7 Å². The minimum Gasteiger partial charge on any atom is -0.480 e. The number of aromatic nitrogens is 2. The molecule has 2 atom stereocenters. The summed E-state index contributed by atoms with van der Waals surface area (Å²) in [6, 6.07) is -0.733. The molecule has 1 aromatic rings. The van der Waals surface area contributed by atoms with Gasteiger partial charge >= 0.3 is 5.97 Å². The van der Waals surface area contributed by atoms with Gasteiger partial charge in [-0.25, -0.2) is 4.79 Å². The van der Waals surface area contributed by atoms with Gasteiger partial charge in [0.25, 0.3) is 5.91 Å². The monoisotopic (exact) mass is 283 g/mol. The molecule has 7 heteroatoms. The maximum atomic E-state index is 12.5. The predicted molar refractivity (Wildman–Crippen MR) is 70.1 cm³/mol. The van der Waals surface area contributed by atoms with Crippen LogP contribution in [0.3, 0.4) is 0 Å². The van der Waals surface area contributed by atoms with Gasteiger partial charge in [0.05, 0.1) is 5.69 Å². The second-order valence-corrected chi connectivity index (χ2v) is 5.64. The number of aliphatic carboxylic acids is 1. The molecule has 0 bridgehead atoms. The normalized spacial score (nSPS) is 23.4.